The van der Waals surface area contributed by atoms with Gasteiger partial charge in [-0.15, -0.1) is 0 Å². The highest BCUT2D eigenvalue weighted by Crippen LogP contribution is 2.40. The molecule has 6 nitrogen and oxygen atoms in total. The number of benzene rings is 1. The van der Waals surface area contributed by atoms with Gasteiger partial charge in [-0.25, -0.2) is 0 Å². The van der Waals surface area contributed by atoms with Gasteiger partial charge in [-0.2, -0.15) is 10.1 Å². The van der Waals surface area contributed by atoms with E-state index in [1.54, 1.807) is 0 Å². The first kappa shape index (κ1) is 20.1. The molecule has 0 unspecified atom stereocenters. The van der Waals surface area contributed by atoms with Gasteiger partial charge in [0.05, 0.1) is 6.20 Å². The van der Waals surface area contributed by atoms with Crippen LogP contribution in [-0.4, -0.2) is 39.3 Å². The molecule has 2 aromatic heterocycles. The molecule has 4 heterocycles. The lowest BCUT2D eigenvalue weighted by Crippen LogP contribution is -2.62. The van der Waals surface area contributed by atoms with Crippen molar-refractivity contribution >= 4 is 5.82 Å². The first-order valence-corrected chi connectivity index (χ1v) is 11.0. The van der Waals surface area contributed by atoms with Crippen molar-refractivity contribution in [2.24, 2.45) is 0 Å². The Hall–Kier alpha value is -2.86. The molecule has 3 aromatic rings. The lowest BCUT2D eigenvalue weighted by Gasteiger charge is -2.49. The van der Waals surface area contributed by atoms with E-state index in [1.807, 2.05) is 12.4 Å². The van der Waals surface area contributed by atoms with Gasteiger partial charge in [0.25, 0.3) is 0 Å². The third-order valence-corrected chi connectivity index (χ3v) is 6.51. The Morgan fingerprint density at radius 1 is 1.00 bits per heavy atom. The molecule has 0 radical (unpaired) electrons. The Balaban J connectivity index is 1.43. The average molecular weight is 418 g/mol. The minimum absolute atomic E-state index is 0.0943. The van der Waals surface area contributed by atoms with Crippen molar-refractivity contribution in [1.82, 2.24) is 20.5 Å². The Bertz CT molecular complexity index is 1090. The van der Waals surface area contributed by atoms with Crippen LogP contribution in [0.4, 0.5) is 5.82 Å². The van der Waals surface area contributed by atoms with E-state index in [2.05, 4.69) is 85.5 Å². The molecule has 1 aromatic carbocycles. The van der Waals surface area contributed by atoms with Gasteiger partial charge in [-0.3, -0.25) is 5.10 Å². The van der Waals surface area contributed by atoms with Gasteiger partial charge in [-0.1, -0.05) is 12.1 Å². The highest BCUT2D eigenvalue weighted by molar-refractivity contribution is 5.78. The second-order valence-electron chi connectivity index (χ2n) is 10.2. The summed E-state index contributed by atoms with van der Waals surface area (Å²) < 4.78 is 6.11. The standard InChI is InChI=1S/C25H31N5O/c1-24(2)11-19(12-25(3,4)29-24)30(5)22-9-8-21-20-7-6-16(18-13-26-27-14-18)10-17(20)15-31-23(21)28-22/h6-10,13-14,19,29H,11-12,15H2,1-5H3,(H,26,27). The van der Waals surface area contributed by atoms with Crippen LogP contribution >= 0.6 is 0 Å². The van der Waals surface area contributed by atoms with Crippen molar-refractivity contribution in [2.45, 2.75) is 64.3 Å². The van der Waals surface area contributed by atoms with Crippen LogP contribution in [0.2, 0.25) is 0 Å². The molecule has 2 aliphatic heterocycles. The van der Waals surface area contributed by atoms with Gasteiger partial charge in [0.15, 0.2) is 0 Å². The molecule has 6 heteroatoms. The Kier molecular flexibility index (Phi) is 4.59. The molecule has 0 bridgehead atoms. The third-order valence-electron chi connectivity index (χ3n) is 6.51. The number of aromatic nitrogens is 3. The van der Waals surface area contributed by atoms with Gasteiger partial charge in [0.2, 0.25) is 5.88 Å². The van der Waals surface area contributed by atoms with Crippen LogP contribution in [0, 0.1) is 0 Å². The number of rotatable bonds is 3. The number of pyridine rings is 1. The van der Waals surface area contributed by atoms with Crippen molar-refractivity contribution in [3.8, 4) is 28.1 Å². The van der Waals surface area contributed by atoms with Crippen LogP contribution in [0.1, 0.15) is 46.1 Å². The summed E-state index contributed by atoms with van der Waals surface area (Å²) in [5, 5.41) is 10.7. The largest absolute Gasteiger partial charge is 0.472 e. The zero-order valence-corrected chi connectivity index (χ0v) is 19.0. The number of nitrogens with one attached hydrogen (secondary N) is 2. The second-order valence-corrected chi connectivity index (χ2v) is 10.2. The highest BCUT2D eigenvalue weighted by Gasteiger charge is 2.39. The number of piperidine rings is 1. The Morgan fingerprint density at radius 2 is 1.74 bits per heavy atom. The molecule has 5 rings (SSSR count). The molecule has 162 valence electrons. The quantitative estimate of drug-likeness (QED) is 0.642. The SMILES string of the molecule is CN(c1ccc2c(n1)OCc1cc(-c3cn[nH]c3)ccc1-2)C1CC(C)(C)NC(C)(C)C1. The smallest absolute Gasteiger partial charge is 0.223 e. The Morgan fingerprint density at radius 3 is 2.45 bits per heavy atom. The highest BCUT2D eigenvalue weighted by atomic mass is 16.5. The molecule has 0 amide bonds. The van der Waals surface area contributed by atoms with E-state index in [9.17, 15) is 0 Å². The predicted octanol–water partition coefficient (Wildman–Crippen LogP) is 4.78. The molecule has 0 aliphatic carbocycles. The first-order chi connectivity index (χ1) is 14.7. The maximum Gasteiger partial charge on any atom is 0.223 e. The number of aromatic amines is 1. The molecule has 2 N–H and O–H groups in total. The zero-order valence-electron chi connectivity index (χ0n) is 19.0. The summed E-state index contributed by atoms with van der Waals surface area (Å²) in [5.41, 5.74) is 5.84. The van der Waals surface area contributed by atoms with Crippen LogP contribution in [0.25, 0.3) is 22.3 Å². The van der Waals surface area contributed by atoms with E-state index in [1.165, 1.54) is 11.1 Å². The number of anilines is 1. The van der Waals surface area contributed by atoms with Crippen LogP contribution < -0.4 is 15.0 Å². The van der Waals surface area contributed by atoms with Crippen LogP contribution in [0.5, 0.6) is 5.88 Å². The van der Waals surface area contributed by atoms with Gasteiger partial charge in [-0.05, 0) is 75.4 Å². The van der Waals surface area contributed by atoms with E-state index >= 15 is 0 Å². The van der Waals surface area contributed by atoms with Crippen molar-refractivity contribution in [1.29, 1.82) is 0 Å². The number of H-pyrrole nitrogens is 1. The predicted molar refractivity (Wildman–Crippen MR) is 124 cm³/mol. The van der Waals surface area contributed by atoms with Crippen molar-refractivity contribution in [3.63, 3.8) is 0 Å². The number of hydrogen-bond acceptors (Lipinski definition) is 5. The summed E-state index contributed by atoms with van der Waals surface area (Å²) in [6.07, 6.45) is 5.90. The molecule has 0 saturated carbocycles. The van der Waals surface area contributed by atoms with Crippen molar-refractivity contribution in [2.75, 3.05) is 11.9 Å². The van der Waals surface area contributed by atoms with Gasteiger partial charge in [0, 0.05) is 41.5 Å². The normalized spacial score (nSPS) is 19.3. The van der Waals surface area contributed by atoms with E-state index in [0.717, 1.165) is 41.2 Å². The molecule has 2 aliphatic rings. The molecular formula is C25H31N5O. The maximum absolute atomic E-state index is 6.11. The number of hydrogen-bond donors (Lipinski definition) is 2. The van der Waals surface area contributed by atoms with E-state index < -0.39 is 0 Å². The lowest BCUT2D eigenvalue weighted by atomic mass is 9.79. The summed E-state index contributed by atoms with van der Waals surface area (Å²) in [6, 6.07) is 11.2. The lowest BCUT2D eigenvalue weighted by molar-refractivity contribution is 0.160. The van der Waals surface area contributed by atoms with Gasteiger partial charge < -0.3 is 15.0 Å². The molecule has 1 fully saturated rings. The maximum atomic E-state index is 6.11. The molecule has 1 saturated heterocycles. The van der Waals surface area contributed by atoms with Crippen LogP contribution in [0.3, 0.4) is 0 Å². The minimum atomic E-state index is 0.0943. The summed E-state index contributed by atoms with van der Waals surface area (Å²) >= 11 is 0. The topological polar surface area (TPSA) is 66.1 Å². The second kappa shape index (κ2) is 7.09. The van der Waals surface area contributed by atoms with E-state index in [4.69, 9.17) is 9.72 Å². The first-order valence-electron chi connectivity index (χ1n) is 11.0. The summed E-state index contributed by atoms with van der Waals surface area (Å²) in [4.78, 5) is 7.25. The summed E-state index contributed by atoms with van der Waals surface area (Å²) in [6.45, 7) is 9.67. The minimum Gasteiger partial charge on any atom is -0.472 e. The number of nitrogens with zero attached hydrogens (tertiary/aromatic N) is 3. The van der Waals surface area contributed by atoms with Gasteiger partial charge >= 0.3 is 0 Å². The molecule has 0 spiro atoms. The molecular weight excluding hydrogens is 386 g/mol. The molecule has 0 atom stereocenters. The summed E-state index contributed by atoms with van der Waals surface area (Å²) in [5.74, 6) is 1.69. The number of ether oxygens (including phenoxy) is 1. The fraction of sp³-hybridized carbons (Fsp3) is 0.440. The Labute approximate surface area is 184 Å². The van der Waals surface area contributed by atoms with E-state index in [0.29, 0.717) is 12.6 Å². The van der Waals surface area contributed by atoms with E-state index in [-0.39, 0.29) is 11.1 Å². The van der Waals surface area contributed by atoms with Crippen molar-refractivity contribution in [3.05, 3.63) is 48.3 Å². The zero-order chi connectivity index (χ0) is 21.8. The molecule has 31 heavy (non-hydrogen) atoms. The number of fused-ring (bicyclic) bond motifs is 3. The average Bonchev–Trinajstić information content (AvgIpc) is 3.25. The monoisotopic (exact) mass is 417 g/mol. The fourth-order valence-corrected chi connectivity index (χ4v) is 5.38. The third kappa shape index (κ3) is 3.81. The van der Waals surface area contributed by atoms with Crippen LogP contribution in [0.15, 0.2) is 42.7 Å². The van der Waals surface area contributed by atoms with Crippen LogP contribution in [-0.2, 0) is 6.61 Å². The fourth-order valence-electron chi connectivity index (χ4n) is 5.38. The summed E-state index contributed by atoms with van der Waals surface area (Å²) in [7, 11) is 2.16. The van der Waals surface area contributed by atoms with Crippen molar-refractivity contribution < 1.29 is 4.74 Å². The van der Waals surface area contributed by atoms with Gasteiger partial charge in [0.1, 0.15) is 12.4 Å².